The number of carbonyl (C=O) groups excluding carboxylic acids is 1. The number of hydroxylamine groups is 1. The number of aliphatic hydroxyl groups is 1. The molecule has 6 heteroatoms. The molecule has 0 unspecified atom stereocenters. The average Bonchev–Trinajstić information content (AvgIpc) is 3.21. The molecule has 2 aromatic carbocycles. The molecule has 154 valence electrons. The highest BCUT2D eigenvalue weighted by Crippen LogP contribution is 2.43. The molecule has 6 nitrogen and oxygen atoms in total. The Bertz CT molecular complexity index is 919. The van der Waals surface area contributed by atoms with E-state index >= 15 is 0 Å². The van der Waals surface area contributed by atoms with Crippen molar-refractivity contribution in [2.45, 2.75) is 32.8 Å². The second-order valence-electron chi connectivity index (χ2n) is 7.66. The van der Waals surface area contributed by atoms with Crippen LogP contribution >= 0.6 is 0 Å². The molecule has 0 bridgehead atoms. The van der Waals surface area contributed by atoms with Crippen molar-refractivity contribution in [1.29, 1.82) is 0 Å². The summed E-state index contributed by atoms with van der Waals surface area (Å²) in [6.45, 7) is 8.71. The molecule has 2 aromatic rings. The molecular formula is C23H28N2O4. The number of hydrogen-bond donors (Lipinski definition) is 3. The van der Waals surface area contributed by atoms with E-state index in [2.05, 4.69) is 44.7 Å². The molecule has 0 saturated carbocycles. The average molecular weight is 396 g/mol. The Hall–Kier alpha value is -2.83. The molecule has 0 fully saturated rings. The number of carbonyl (C=O) groups is 1. The zero-order valence-electron chi connectivity index (χ0n) is 17.2. The van der Waals surface area contributed by atoms with Crippen molar-refractivity contribution in [2.75, 3.05) is 25.1 Å². The van der Waals surface area contributed by atoms with E-state index in [0.29, 0.717) is 12.5 Å². The maximum atomic E-state index is 11.6. The van der Waals surface area contributed by atoms with Gasteiger partial charge in [0.25, 0.3) is 5.91 Å². The third kappa shape index (κ3) is 4.13. The molecule has 1 aliphatic rings. The molecule has 1 aliphatic heterocycles. The molecule has 0 atom stereocenters. The van der Waals surface area contributed by atoms with E-state index in [1.165, 1.54) is 5.56 Å². The second-order valence-corrected chi connectivity index (χ2v) is 7.66. The van der Waals surface area contributed by atoms with Gasteiger partial charge >= 0.3 is 0 Å². The van der Waals surface area contributed by atoms with Gasteiger partial charge in [-0.25, -0.2) is 5.48 Å². The fourth-order valence-corrected chi connectivity index (χ4v) is 3.73. The molecule has 0 spiro atoms. The summed E-state index contributed by atoms with van der Waals surface area (Å²) in [5.41, 5.74) is 7.70. The van der Waals surface area contributed by atoms with Gasteiger partial charge in [0.2, 0.25) is 0 Å². The number of fused-ring (bicyclic) bond motifs is 1. The van der Waals surface area contributed by atoms with E-state index in [0.717, 1.165) is 40.1 Å². The van der Waals surface area contributed by atoms with Crippen molar-refractivity contribution in [2.24, 2.45) is 0 Å². The molecular weight excluding hydrogens is 368 g/mol. The number of rotatable bonds is 7. The zero-order chi connectivity index (χ0) is 21.1. The lowest BCUT2D eigenvalue weighted by Crippen LogP contribution is -2.29. The molecule has 3 rings (SSSR count). The number of nitrogens with one attached hydrogen (secondary N) is 1. The van der Waals surface area contributed by atoms with Gasteiger partial charge in [0.15, 0.2) is 0 Å². The first kappa shape index (κ1) is 20.9. The quantitative estimate of drug-likeness (QED) is 0.380. The molecule has 1 amide bonds. The molecule has 0 aromatic heterocycles. The smallest absolute Gasteiger partial charge is 0.271 e. The van der Waals surface area contributed by atoms with Gasteiger partial charge in [0, 0.05) is 48.0 Å². The van der Waals surface area contributed by atoms with Gasteiger partial charge in [-0.1, -0.05) is 44.7 Å². The maximum absolute atomic E-state index is 11.6. The third-order valence-corrected chi connectivity index (χ3v) is 5.38. The Morgan fingerprint density at radius 1 is 1.31 bits per heavy atom. The largest absolute Gasteiger partial charge is 0.492 e. The Kier molecular flexibility index (Phi) is 6.25. The number of nitrogens with zero attached hydrogens (tertiary/aromatic N) is 1. The van der Waals surface area contributed by atoms with Crippen LogP contribution in [-0.4, -0.2) is 36.4 Å². The summed E-state index contributed by atoms with van der Waals surface area (Å²) in [6.07, 6.45) is 0.724. The van der Waals surface area contributed by atoms with Crippen molar-refractivity contribution in [1.82, 2.24) is 5.48 Å². The first-order valence-electron chi connectivity index (χ1n) is 9.73. The molecule has 1 heterocycles. The van der Waals surface area contributed by atoms with Crippen LogP contribution in [0.5, 0.6) is 5.75 Å². The van der Waals surface area contributed by atoms with Crippen LogP contribution in [0.15, 0.2) is 42.5 Å². The Morgan fingerprint density at radius 3 is 2.59 bits per heavy atom. The molecule has 3 N–H and O–H groups in total. The first-order chi connectivity index (χ1) is 13.9. The monoisotopic (exact) mass is 396 g/mol. The van der Waals surface area contributed by atoms with E-state index in [-0.39, 0.29) is 18.7 Å². The molecule has 29 heavy (non-hydrogen) atoms. The number of amides is 1. The lowest BCUT2D eigenvalue weighted by atomic mass is 9.93. The summed E-state index contributed by atoms with van der Waals surface area (Å²) in [7, 11) is 1.83. The Morgan fingerprint density at radius 2 is 2.00 bits per heavy atom. The van der Waals surface area contributed by atoms with Crippen LogP contribution in [0.4, 0.5) is 5.69 Å². The summed E-state index contributed by atoms with van der Waals surface area (Å²) in [6, 6.07) is 10.4. The highest BCUT2D eigenvalue weighted by molar-refractivity contribution is 5.93. The van der Waals surface area contributed by atoms with Gasteiger partial charge < -0.3 is 14.7 Å². The minimum Gasteiger partial charge on any atom is -0.492 e. The fourth-order valence-electron chi connectivity index (χ4n) is 3.73. The summed E-state index contributed by atoms with van der Waals surface area (Å²) >= 11 is 0. The summed E-state index contributed by atoms with van der Waals surface area (Å²) in [4.78, 5) is 13.5. The first-order valence-corrected chi connectivity index (χ1v) is 9.73. The SMILES string of the molecule is C=C(CN(C)c1cc(-c2ccc(C(C)C)cc2)c2c(c1CO)CCO2)C(=O)NO. The normalized spacial score (nSPS) is 12.5. The van der Waals surface area contributed by atoms with E-state index in [1.54, 1.807) is 5.48 Å². The second kappa shape index (κ2) is 8.68. The maximum Gasteiger partial charge on any atom is 0.271 e. The number of aliphatic hydroxyl groups excluding tert-OH is 1. The standard InChI is InChI=1S/C23H28N2O4/c1-14(2)16-5-7-17(8-6-16)19-11-21(25(4)12-15(3)23(27)24-28)20(13-26)18-9-10-29-22(18)19/h5-8,11,14,26,28H,3,9-10,12-13H2,1-2,4H3,(H,24,27). The highest BCUT2D eigenvalue weighted by atomic mass is 16.5. The molecule has 0 aliphatic carbocycles. The zero-order valence-corrected chi connectivity index (χ0v) is 17.2. The number of anilines is 1. The van der Waals surface area contributed by atoms with Crippen LogP contribution in [0.3, 0.4) is 0 Å². The minimum atomic E-state index is -0.628. The van der Waals surface area contributed by atoms with Crippen LogP contribution in [0.25, 0.3) is 11.1 Å². The van der Waals surface area contributed by atoms with E-state index in [1.807, 2.05) is 18.0 Å². The lowest BCUT2D eigenvalue weighted by molar-refractivity contribution is -0.125. The number of likely N-dealkylation sites (N-methyl/N-ethyl adjacent to an activating group) is 1. The third-order valence-electron chi connectivity index (χ3n) is 5.38. The summed E-state index contributed by atoms with van der Waals surface area (Å²) in [5.74, 6) is 0.639. The van der Waals surface area contributed by atoms with Crippen LogP contribution in [0.1, 0.15) is 36.5 Å². The van der Waals surface area contributed by atoms with E-state index < -0.39 is 5.91 Å². The van der Waals surface area contributed by atoms with E-state index in [4.69, 9.17) is 9.94 Å². The van der Waals surface area contributed by atoms with Crippen molar-refractivity contribution >= 4 is 11.6 Å². The van der Waals surface area contributed by atoms with Crippen molar-refractivity contribution in [3.8, 4) is 16.9 Å². The number of hydrogen-bond acceptors (Lipinski definition) is 5. The number of ether oxygens (including phenoxy) is 1. The fraction of sp³-hybridized carbons (Fsp3) is 0.348. The van der Waals surface area contributed by atoms with Gasteiger partial charge in [0.05, 0.1) is 13.2 Å². The van der Waals surface area contributed by atoms with Crippen LogP contribution in [0.2, 0.25) is 0 Å². The lowest BCUT2D eigenvalue weighted by Gasteiger charge is -2.25. The highest BCUT2D eigenvalue weighted by Gasteiger charge is 2.25. The predicted molar refractivity (Wildman–Crippen MR) is 113 cm³/mol. The van der Waals surface area contributed by atoms with E-state index in [9.17, 15) is 9.90 Å². The minimum absolute atomic E-state index is 0.128. The van der Waals surface area contributed by atoms with Gasteiger partial charge in [0.1, 0.15) is 5.75 Å². The summed E-state index contributed by atoms with van der Waals surface area (Å²) in [5, 5.41) is 18.9. The summed E-state index contributed by atoms with van der Waals surface area (Å²) < 4.78 is 5.93. The van der Waals surface area contributed by atoms with Crippen LogP contribution in [0, 0.1) is 0 Å². The number of benzene rings is 2. The van der Waals surface area contributed by atoms with Gasteiger partial charge in [-0.3, -0.25) is 10.0 Å². The van der Waals surface area contributed by atoms with Crippen LogP contribution in [-0.2, 0) is 17.8 Å². The predicted octanol–water partition coefficient (Wildman–Crippen LogP) is 3.40. The molecule has 0 radical (unpaired) electrons. The van der Waals surface area contributed by atoms with Crippen LogP contribution < -0.4 is 15.1 Å². The van der Waals surface area contributed by atoms with Gasteiger partial charge in [-0.2, -0.15) is 0 Å². The van der Waals surface area contributed by atoms with Crippen molar-refractivity contribution in [3.05, 3.63) is 59.2 Å². The van der Waals surface area contributed by atoms with Crippen molar-refractivity contribution in [3.63, 3.8) is 0 Å². The van der Waals surface area contributed by atoms with Gasteiger partial charge in [-0.15, -0.1) is 0 Å². The van der Waals surface area contributed by atoms with Crippen molar-refractivity contribution < 1.29 is 19.8 Å². The topological polar surface area (TPSA) is 82.0 Å². The molecule has 0 saturated heterocycles. The Labute approximate surface area is 171 Å². The Balaban J connectivity index is 2.06. The van der Waals surface area contributed by atoms with Gasteiger partial charge in [-0.05, 0) is 23.1 Å².